The summed E-state index contributed by atoms with van der Waals surface area (Å²) in [7, 11) is 2.08. The van der Waals surface area contributed by atoms with Crippen LogP contribution in [0.4, 0.5) is 5.13 Å². The van der Waals surface area contributed by atoms with E-state index < -0.39 is 5.97 Å². The summed E-state index contributed by atoms with van der Waals surface area (Å²) >= 11 is 1.17. The average molecular weight is 257 g/mol. The topological polar surface area (TPSA) is 65.5 Å². The molecule has 17 heavy (non-hydrogen) atoms. The molecule has 1 heterocycles. The van der Waals surface area contributed by atoms with Crippen LogP contribution < -0.4 is 5.32 Å². The van der Waals surface area contributed by atoms with E-state index in [4.69, 9.17) is 5.11 Å². The molecule has 0 aliphatic rings. The highest BCUT2D eigenvalue weighted by Gasteiger charge is 2.09. The predicted molar refractivity (Wildman–Crippen MR) is 69.9 cm³/mol. The molecule has 2 N–H and O–H groups in total. The molecule has 0 saturated heterocycles. The van der Waals surface area contributed by atoms with E-state index in [1.807, 2.05) is 0 Å². The summed E-state index contributed by atoms with van der Waals surface area (Å²) in [6.45, 7) is 6.03. The second-order valence-corrected chi connectivity index (χ2v) is 5.03. The van der Waals surface area contributed by atoms with Crippen LogP contribution in [0.1, 0.15) is 29.9 Å². The van der Waals surface area contributed by atoms with Gasteiger partial charge in [-0.25, -0.2) is 9.78 Å². The lowest BCUT2D eigenvalue weighted by Gasteiger charge is -2.23. The molecule has 1 unspecified atom stereocenters. The first-order valence-corrected chi connectivity index (χ1v) is 6.49. The quantitative estimate of drug-likeness (QED) is 0.782. The van der Waals surface area contributed by atoms with E-state index in [-0.39, 0.29) is 4.88 Å². The maximum absolute atomic E-state index is 10.7. The Kier molecular flexibility index (Phi) is 5.37. The second-order valence-electron chi connectivity index (χ2n) is 4.00. The molecule has 0 saturated carbocycles. The summed E-state index contributed by atoms with van der Waals surface area (Å²) in [4.78, 5) is 17.2. The third kappa shape index (κ3) is 4.32. The van der Waals surface area contributed by atoms with Crippen molar-refractivity contribution in [3.63, 3.8) is 0 Å². The third-order valence-corrected chi connectivity index (χ3v) is 3.74. The van der Waals surface area contributed by atoms with Crippen LogP contribution in [0.3, 0.4) is 0 Å². The molecule has 0 bridgehead atoms. The number of hydrogen-bond donors (Lipinski definition) is 2. The van der Waals surface area contributed by atoms with Gasteiger partial charge >= 0.3 is 5.97 Å². The largest absolute Gasteiger partial charge is 0.477 e. The number of rotatable bonds is 7. The Balaban J connectivity index is 2.33. The molecule has 0 radical (unpaired) electrons. The van der Waals surface area contributed by atoms with Crippen molar-refractivity contribution in [2.24, 2.45) is 0 Å². The van der Waals surface area contributed by atoms with Crippen LogP contribution in [0, 0.1) is 0 Å². The van der Waals surface area contributed by atoms with Gasteiger partial charge in [0.05, 0.1) is 6.20 Å². The first-order valence-electron chi connectivity index (χ1n) is 5.67. The summed E-state index contributed by atoms with van der Waals surface area (Å²) in [5.41, 5.74) is 0. The van der Waals surface area contributed by atoms with Crippen molar-refractivity contribution in [2.75, 3.05) is 25.5 Å². The zero-order valence-electron chi connectivity index (χ0n) is 10.4. The molecule has 1 atom stereocenters. The number of carbonyl (C=O) groups is 1. The molecule has 0 fully saturated rings. The van der Waals surface area contributed by atoms with E-state index in [9.17, 15) is 4.79 Å². The lowest BCUT2D eigenvalue weighted by atomic mass is 10.2. The Morgan fingerprint density at radius 3 is 2.94 bits per heavy atom. The highest BCUT2D eigenvalue weighted by Crippen LogP contribution is 2.17. The molecule has 6 heteroatoms. The summed E-state index contributed by atoms with van der Waals surface area (Å²) in [6.07, 6.45) is 2.50. The minimum atomic E-state index is -0.924. The number of carboxylic acid groups (broad SMARTS) is 1. The molecule has 96 valence electrons. The van der Waals surface area contributed by atoms with E-state index in [1.165, 1.54) is 17.5 Å². The van der Waals surface area contributed by atoms with Crippen LogP contribution in [-0.4, -0.2) is 47.1 Å². The van der Waals surface area contributed by atoms with Gasteiger partial charge in [-0.1, -0.05) is 18.3 Å². The van der Waals surface area contributed by atoms with E-state index in [0.717, 1.165) is 19.5 Å². The number of nitrogens with zero attached hydrogens (tertiary/aromatic N) is 2. The van der Waals surface area contributed by atoms with Gasteiger partial charge in [0.15, 0.2) is 5.13 Å². The molecule has 0 aliphatic heterocycles. The summed E-state index contributed by atoms with van der Waals surface area (Å²) < 4.78 is 0. The predicted octanol–water partition coefficient (Wildman–Crippen LogP) is 1.98. The van der Waals surface area contributed by atoms with E-state index in [0.29, 0.717) is 11.2 Å². The summed E-state index contributed by atoms with van der Waals surface area (Å²) in [6, 6.07) is 0.558. The van der Waals surface area contributed by atoms with E-state index in [1.54, 1.807) is 0 Å². The van der Waals surface area contributed by atoms with Gasteiger partial charge < -0.3 is 15.3 Å². The SMILES string of the molecule is CCC(C)N(C)CCNc1ncc(C(=O)O)s1. The van der Waals surface area contributed by atoms with E-state index >= 15 is 0 Å². The molecular formula is C11H19N3O2S. The smallest absolute Gasteiger partial charge is 0.347 e. The molecule has 0 amide bonds. The van der Waals surface area contributed by atoms with Gasteiger partial charge in [-0.3, -0.25) is 0 Å². The zero-order valence-corrected chi connectivity index (χ0v) is 11.3. The number of anilines is 1. The zero-order chi connectivity index (χ0) is 12.8. The van der Waals surface area contributed by atoms with Crippen LogP contribution >= 0.6 is 11.3 Å². The van der Waals surface area contributed by atoms with Crippen LogP contribution in [0.2, 0.25) is 0 Å². The Morgan fingerprint density at radius 2 is 2.41 bits per heavy atom. The number of aromatic nitrogens is 1. The van der Waals surface area contributed by atoms with Gasteiger partial charge in [-0.15, -0.1) is 0 Å². The highest BCUT2D eigenvalue weighted by molar-refractivity contribution is 7.17. The van der Waals surface area contributed by atoms with Crippen molar-refractivity contribution in [1.82, 2.24) is 9.88 Å². The van der Waals surface area contributed by atoms with Gasteiger partial charge in [0.1, 0.15) is 4.88 Å². The van der Waals surface area contributed by atoms with Gasteiger partial charge in [0.2, 0.25) is 0 Å². The third-order valence-electron chi connectivity index (χ3n) is 2.80. The number of hydrogen-bond acceptors (Lipinski definition) is 5. The van der Waals surface area contributed by atoms with Crippen molar-refractivity contribution >= 4 is 22.4 Å². The van der Waals surface area contributed by atoms with Crippen LogP contribution in [0.5, 0.6) is 0 Å². The van der Waals surface area contributed by atoms with Crippen molar-refractivity contribution in [3.05, 3.63) is 11.1 Å². The van der Waals surface area contributed by atoms with Gasteiger partial charge in [-0.05, 0) is 20.4 Å². The monoisotopic (exact) mass is 257 g/mol. The fourth-order valence-electron chi connectivity index (χ4n) is 1.33. The van der Waals surface area contributed by atoms with Crippen LogP contribution in [0.15, 0.2) is 6.20 Å². The fraction of sp³-hybridized carbons (Fsp3) is 0.636. The number of nitrogens with one attached hydrogen (secondary N) is 1. The van der Waals surface area contributed by atoms with Gasteiger partial charge in [0, 0.05) is 19.1 Å². The standard InChI is InChI=1S/C11H19N3O2S/c1-4-8(2)14(3)6-5-12-11-13-7-9(17-11)10(15)16/h7-8H,4-6H2,1-3H3,(H,12,13)(H,15,16). The normalized spacial score (nSPS) is 12.7. The summed E-state index contributed by atoms with van der Waals surface area (Å²) in [5, 5.41) is 12.5. The molecular weight excluding hydrogens is 238 g/mol. The second kappa shape index (κ2) is 6.56. The van der Waals surface area contributed by atoms with Crippen molar-refractivity contribution in [1.29, 1.82) is 0 Å². The van der Waals surface area contributed by atoms with Gasteiger partial charge in [0.25, 0.3) is 0 Å². The van der Waals surface area contributed by atoms with E-state index in [2.05, 4.69) is 36.1 Å². The Hall–Kier alpha value is -1.14. The van der Waals surface area contributed by atoms with Crippen molar-refractivity contribution in [3.8, 4) is 0 Å². The molecule has 0 spiro atoms. The maximum atomic E-state index is 10.7. The van der Waals surface area contributed by atoms with Gasteiger partial charge in [-0.2, -0.15) is 0 Å². The van der Waals surface area contributed by atoms with Crippen molar-refractivity contribution < 1.29 is 9.90 Å². The number of aromatic carboxylic acids is 1. The molecule has 1 aromatic rings. The maximum Gasteiger partial charge on any atom is 0.347 e. The molecule has 1 aromatic heterocycles. The summed E-state index contributed by atoms with van der Waals surface area (Å²) in [5.74, 6) is -0.924. The number of carboxylic acids is 1. The minimum absolute atomic E-state index is 0.266. The molecule has 5 nitrogen and oxygen atoms in total. The highest BCUT2D eigenvalue weighted by atomic mass is 32.1. The minimum Gasteiger partial charge on any atom is -0.477 e. The molecule has 0 aromatic carbocycles. The fourth-order valence-corrected chi connectivity index (χ4v) is 2.01. The average Bonchev–Trinajstić information content (AvgIpc) is 2.76. The van der Waals surface area contributed by atoms with Crippen LogP contribution in [-0.2, 0) is 0 Å². The Bertz CT molecular complexity index is 367. The Labute approximate surface area is 105 Å². The number of likely N-dealkylation sites (N-methyl/N-ethyl adjacent to an activating group) is 1. The Morgan fingerprint density at radius 1 is 1.71 bits per heavy atom. The first-order chi connectivity index (χ1) is 8.04. The first kappa shape index (κ1) is 13.9. The lowest BCUT2D eigenvalue weighted by Crippen LogP contribution is -2.32. The lowest BCUT2D eigenvalue weighted by molar-refractivity contribution is 0.0702. The van der Waals surface area contributed by atoms with Crippen molar-refractivity contribution in [2.45, 2.75) is 26.3 Å². The molecule has 0 aliphatic carbocycles. The number of thiazole rings is 1. The van der Waals surface area contributed by atoms with Crippen LogP contribution in [0.25, 0.3) is 0 Å². The molecule has 1 rings (SSSR count).